The largest absolute Gasteiger partial charge is 0.263 e. The number of rotatable bonds is 2. The molecule has 0 spiro atoms. The van der Waals surface area contributed by atoms with Crippen molar-refractivity contribution in [1.29, 1.82) is 0 Å². The topological polar surface area (TPSA) is 12.9 Å². The average molecular weight is 299 g/mol. The van der Waals surface area contributed by atoms with Crippen LogP contribution in [-0.2, 0) is 0 Å². The predicted molar refractivity (Wildman–Crippen MR) is 101 cm³/mol. The maximum Gasteiger partial charge on any atom is 0.163 e. The summed E-state index contributed by atoms with van der Waals surface area (Å²) in [7, 11) is 2.09. The fourth-order valence-electron chi connectivity index (χ4n) is 4.00. The van der Waals surface area contributed by atoms with Crippen molar-refractivity contribution < 1.29 is 0 Å². The first-order chi connectivity index (χ1) is 11.2. The van der Waals surface area contributed by atoms with Crippen LogP contribution < -0.4 is 5.59 Å². The Bertz CT molecular complexity index is 863. The van der Waals surface area contributed by atoms with Crippen molar-refractivity contribution in [2.24, 2.45) is 0 Å². The fraction of sp³-hybridized carbons (Fsp3) is 0.286. The monoisotopic (exact) mass is 299 g/mol. The minimum atomic E-state index is 0.740. The minimum absolute atomic E-state index is 0.740. The van der Waals surface area contributed by atoms with Crippen LogP contribution in [-0.4, -0.2) is 12.8 Å². The van der Waals surface area contributed by atoms with E-state index in [4.69, 9.17) is 4.98 Å². The smallest absolute Gasteiger partial charge is 0.163 e. The lowest BCUT2D eigenvalue weighted by atomic mass is 9.91. The summed E-state index contributed by atoms with van der Waals surface area (Å²) in [5.74, 6) is 0.740. The second kappa shape index (κ2) is 5.84. The van der Waals surface area contributed by atoms with Crippen molar-refractivity contribution in [2.75, 3.05) is 0 Å². The van der Waals surface area contributed by atoms with Gasteiger partial charge in [0.25, 0.3) is 0 Å². The molecule has 1 aromatic heterocycles. The number of benzene rings is 2. The van der Waals surface area contributed by atoms with Crippen molar-refractivity contribution >= 4 is 24.2 Å². The zero-order chi connectivity index (χ0) is 15.8. The molecule has 2 heteroatoms. The highest BCUT2D eigenvalue weighted by Crippen LogP contribution is 2.37. The quantitative estimate of drug-likeness (QED) is 0.648. The van der Waals surface area contributed by atoms with Gasteiger partial charge < -0.3 is 0 Å². The van der Waals surface area contributed by atoms with Crippen molar-refractivity contribution in [3.05, 3.63) is 59.7 Å². The Morgan fingerprint density at radius 1 is 1.00 bits per heavy atom. The van der Waals surface area contributed by atoms with Crippen LogP contribution in [0.3, 0.4) is 0 Å². The third kappa shape index (κ3) is 2.78. The molecule has 0 bridgehead atoms. The molecule has 4 rings (SSSR count). The van der Waals surface area contributed by atoms with Gasteiger partial charge in [0.15, 0.2) is 7.85 Å². The molecule has 1 heterocycles. The normalized spacial score (nSPS) is 15.3. The Morgan fingerprint density at radius 3 is 2.61 bits per heavy atom. The van der Waals surface area contributed by atoms with Crippen molar-refractivity contribution in [2.45, 2.75) is 38.5 Å². The lowest BCUT2D eigenvalue weighted by molar-refractivity contribution is 0.723. The molecule has 1 aliphatic carbocycles. The van der Waals surface area contributed by atoms with Crippen LogP contribution in [0.2, 0.25) is 0 Å². The maximum atomic E-state index is 4.88. The molecule has 0 radical (unpaired) electrons. The van der Waals surface area contributed by atoms with Gasteiger partial charge in [0.05, 0.1) is 5.69 Å². The number of aromatic nitrogens is 1. The molecular weight excluding hydrogens is 277 g/mol. The van der Waals surface area contributed by atoms with E-state index in [1.54, 1.807) is 0 Å². The Morgan fingerprint density at radius 2 is 1.78 bits per heavy atom. The maximum absolute atomic E-state index is 4.88. The highest BCUT2D eigenvalue weighted by Gasteiger charge is 2.18. The number of fused-ring (bicyclic) bond motifs is 1. The molecule has 0 N–H and O–H groups in total. The van der Waals surface area contributed by atoms with Crippen LogP contribution in [0.5, 0.6) is 0 Å². The van der Waals surface area contributed by atoms with Gasteiger partial charge in [0, 0.05) is 10.9 Å². The van der Waals surface area contributed by atoms with Crippen LogP contribution in [0.1, 0.15) is 42.7 Å². The molecule has 0 amide bonds. The molecule has 114 valence electrons. The van der Waals surface area contributed by atoms with E-state index < -0.39 is 0 Å². The Hall–Kier alpha value is -2.09. The van der Waals surface area contributed by atoms with E-state index in [0.29, 0.717) is 0 Å². The van der Waals surface area contributed by atoms with Crippen LogP contribution in [0, 0.1) is 6.92 Å². The molecular formula is C21H22BN. The molecule has 1 saturated carbocycles. The van der Waals surface area contributed by atoms with Gasteiger partial charge in [-0.2, -0.15) is 0 Å². The summed E-state index contributed by atoms with van der Waals surface area (Å²) in [6, 6.07) is 17.8. The molecule has 2 aromatic carbocycles. The van der Waals surface area contributed by atoms with E-state index >= 15 is 0 Å². The summed E-state index contributed by atoms with van der Waals surface area (Å²) in [6.45, 7) is 2.21. The number of hydrogen-bond donors (Lipinski definition) is 0. The summed E-state index contributed by atoms with van der Waals surface area (Å²) >= 11 is 0. The predicted octanol–water partition coefficient (Wildman–Crippen LogP) is 4.13. The molecule has 0 saturated heterocycles. The number of hydrogen-bond acceptors (Lipinski definition) is 1. The number of nitrogens with zero attached hydrogens (tertiary/aromatic N) is 1. The molecule has 3 aromatic rings. The van der Waals surface area contributed by atoms with Gasteiger partial charge in [-0.05, 0) is 60.4 Å². The summed E-state index contributed by atoms with van der Waals surface area (Å²) in [4.78, 5) is 4.88. The molecule has 0 unspecified atom stereocenters. The van der Waals surface area contributed by atoms with Crippen LogP contribution in [0.4, 0.5) is 0 Å². The summed E-state index contributed by atoms with van der Waals surface area (Å²) in [6.07, 6.45) is 5.43. The second-order valence-corrected chi connectivity index (χ2v) is 6.95. The van der Waals surface area contributed by atoms with Crippen LogP contribution in [0.25, 0.3) is 22.0 Å². The van der Waals surface area contributed by atoms with E-state index in [0.717, 1.165) is 17.2 Å². The lowest BCUT2D eigenvalue weighted by Gasteiger charge is -2.14. The van der Waals surface area contributed by atoms with Gasteiger partial charge in [-0.25, -0.2) is 0 Å². The van der Waals surface area contributed by atoms with Crippen molar-refractivity contribution in [1.82, 2.24) is 4.98 Å². The molecule has 1 nitrogen and oxygen atoms in total. The molecule has 0 atom stereocenters. The third-order valence-electron chi connectivity index (χ3n) is 5.07. The Balaban J connectivity index is 1.90. The van der Waals surface area contributed by atoms with Gasteiger partial charge in [0.2, 0.25) is 0 Å². The first-order valence-corrected chi connectivity index (χ1v) is 8.69. The lowest BCUT2D eigenvalue weighted by Crippen LogP contribution is -2.09. The summed E-state index contributed by atoms with van der Waals surface area (Å²) in [5, 5.41) is 2.53. The standard InChI is InChI=1S/C21H22BN/c1-14-10-17(15-6-2-3-7-15)12-18(11-14)21-19-9-5-4-8-16(19)13-20(22)23-21/h4-5,8-13,15H,2-3,6-7,22H2,1H3. The van der Waals surface area contributed by atoms with Crippen molar-refractivity contribution in [3.8, 4) is 11.3 Å². The average Bonchev–Trinajstić information content (AvgIpc) is 3.08. The first-order valence-electron chi connectivity index (χ1n) is 8.69. The van der Waals surface area contributed by atoms with E-state index in [1.165, 1.54) is 53.1 Å². The van der Waals surface area contributed by atoms with Gasteiger partial charge in [-0.1, -0.05) is 48.7 Å². The van der Waals surface area contributed by atoms with E-state index in [9.17, 15) is 0 Å². The van der Waals surface area contributed by atoms with Crippen LogP contribution >= 0.6 is 0 Å². The van der Waals surface area contributed by atoms with E-state index in [-0.39, 0.29) is 0 Å². The van der Waals surface area contributed by atoms with Gasteiger partial charge in [-0.3, -0.25) is 4.98 Å². The van der Waals surface area contributed by atoms with Crippen molar-refractivity contribution in [3.63, 3.8) is 0 Å². The summed E-state index contributed by atoms with van der Waals surface area (Å²) < 4.78 is 0. The summed E-state index contributed by atoms with van der Waals surface area (Å²) in [5.41, 5.74) is 6.33. The van der Waals surface area contributed by atoms with E-state index in [2.05, 4.69) is 63.3 Å². The number of pyridine rings is 1. The minimum Gasteiger partial charge on any atom is -0.263 e. The van der Waals surface area contributed by atoms with E-state index in [1.807, 2.05) is 0 Å². The third-order valence-corrected chi connectivity index (χ3v) is 5.07. The second-order valence-electron chi connectivity index (χ2n) is 6.95. The SMILES string of the molecule is Bc1cc2ccccc2c(-c2cc(C)cc(C3CCCC3)c2)n1. The van der Waals surface area contributed by atoms with Gasteiger partial charge in [-0.15, -0.1) is 0 Å². The number of aryl methyl sites for hydroxylation is 1. The molecule has 1 aliphatic rings. The van der Waals surface area contributed by atoms with Crippen LogP contribution in [0.15, 0.2) is 48.5 Å². The zero-order valence-electron chi connectivity index (χ0n) is 14.0. The molecule has 0 aliphatic heterocycles. The first kappa shape index (κ1) is 14.5. The van der Waals surface area contributed by atoms with Gasteiger partial charge >= 0.3 is 0 Å². The highest BCUT2D eigenvalue weighted by atomic mass is 14.7. The highest BCUT2D eigenvalue weighted by molar-refractivity contribution is 6.32. The Labute approximate surface area is 139 Å². The molecule has 1 fully saturated rings. The fourth-order valence-corrected chi connectivity index (χ4v) is 4.00. The zero-order valence-corrected chi connectivity index (χ0v) is 14.0. The molecule has 23 heavy (non-hydrogen) atoms. The Kier molecular flexibility index (Phi) is 3.69. The van der Waals surface area contributed by atoms with Gasteiger partial charge in [0.1, 0.15) is 0 Å².